The zero-order valence-electron chi connectivity index (χ0n) is 16.8. The van der Waals surface area contributed by atoms with Crippen LogP contribution < -0.4 is 20.1 Å². The van der Waals surface area contributed by atoms with Crippen LogP contribution in [0, 0.1) is 5.82 Å². The van der Waals surface area contributed by atoms with Crippen molar-refractivity contribution in [2.24, 2.45) is 4.99 Å². The SMILES string of the molecule is CCNC(=NCc1ccc(S(=O)(=O)NC)cc1)NCC(C)Oc1cccc(F)c1. The van der Waals surface area contributed by atoms with E-state index in [0.717, 1.165) is 5.56 Å². The lowest BCUT2D eigenvalue weighted by Crippen LogP contribution is -2.41. The second-order valence-corrected chi connectivity index (χ2v) is 8.20. The first-order valence-electron chi connectivity index (χ1n) is 9.31. The molecule has 0 aliphatic rings. The summed E-state index contributed by atoms with van der Waals surface area (Å²) in [6.45, 7) is 5.38. The van der Waals surface area contributed by atoms with Gasteiger partial charge in [0.25, 0.3) is 0 Å². The van der Waals surface area contributed by atoms with Gasteiger partial charge in [0.1, 0.15) is 17.7 Å². The van der Waals surface area contributed by atoms with Crippen molar-refractivity contribution in [3.05, 3.63) is 59.9 Å². The largest absolute Gasteiger partial charge is 0.489 e. The molecule has 2 rings (SSSR count). The number of rotatable bonds is 9. The molecule has 2 aromatic carbocycles. The fourth-order valence-corrected chi connectivity index (χ4v) is 3.19. The van der Waals surface area contributed by atoms with E-state index in [4.69, 9.17) is 4.74 Å². The molecule has 0 aliphatic carbocycles. The summed E-state index contributed by atoms with van der Waals surface area (Å²) in [5.41, 5.74) is 0.876. The van der Waals surface area contributed by atoms with Gasteiger partial charge in [-0.1, -0.05) is 18.2 Å². The Balaban J connectivity index is 1.93. The van der Waals surface area contributed by atoms with Gasteiger partial charge in [0, 0.05) is 12.6 Å². The predicted octanol–water partition coefficient (Wildman–Crippen LogP) is 2.26. The fourth-order valence-electron chi connectivity index (χ4n) is 2.46. The smallest absolute Gasteiger partial charge is 0.240 e. The summed E-state index contributed by atoms with van der Waals surface area (Å²) in [6.07, 6.45) is -0.202. The highest BCUT2D eigenvalue weighted by molar-refractivity contribution is 7.89. The molecule has 1 unspecified atom stereocenters. The Hall–Kier alpha value is -2.65. The Morgan fingerprint density at radius 3 is 2.52 bits per heavy atom. The molecule has 7 nitrogen and oxygen atoms in total. The molecule has 0 aliphatic heterocycles. The van der Waals surface area contributed by atoms with E-state index < -0.39 is 10.0 Å². The minimum Gasteiger partial charge on any atom is -0.489 e. The third kappa shape index (κ3) is 7.35. The maximum absolute atomic E-state index is 13.2. The molecule has 3 N–H and O–H groups in total. The lowest BCUT2D eigenvalue weighted by Gasteiger charge is -2.17. The number of sulfonamides is 1. The minimum absolute atomic E-state index is 0.202. The van der Waals surface area contributed by atoms with Crippen molar-refractivity contribution in [1.82, 2.24) is 15.4 Å². The van der Waals surface area contributed by atoms with Crippen LogP contribution in [0.5, 0.6) is 5.75 Å². The van der Waals surface area contributed by atoms with Gasteiger partial charge in [-0.2, -0.15) is 0 Å². The molecule has 0 heterocycles. The van der Waals surface area contributed by atoms with Crippen LogP contribution in [0.3, 0.4) is 0 Å². The molecule has 0 bridgehead atoms. The monoisotopic (exact) mass is 422 g/mol. The van der Waals surface area contributed by atoms with Crippen LogP contribution in [-0.2, 0) is 16.6 Å². The third-order valence-electron chi connectivity index (χ3n) is 3.96. The second kappa shape index (κ2) is 10.8. The van der Waals surface area contributed by atoms with Crippen LogP contribution in [0.1, 0.15) is 19.4 Å². The minimum atomic E-state index is -3.45. The Labute approximate surface area is 171 Å². The molecule has 2 aromatic rings. The van der Waals surface area contributed by atoms with Crippen LogP contribution in [0.15, 0.2) is 58.4 Å². The molecule has 0 radical (unpaired) electrons. The number of ether oxygens (including phenoxy) is 1. The summed E-state index contributed by atoms with van der Waals surface area (Å²) < 4.78 is 44.8. The number of hydrogen-bond donors (Lipinski definition) is 3. The number of guanidine groups is 1. The third-order valence-corrected chi connectivity index (χ3v) is 5.39. The normalized spacial score (nSPS) is 13.0. The number of hydrogen-bond acceptors (Lipinski definition) is 4. The molecular formula is C20H27FN4O3S. The number of halogens is 1. The van der Waals surface area contributed by atoms with Gasteiger partial charge in [-0.25, -0.2) is 22.5 Å². The predicted molar refractivity (Wildman–Crippen MR) is 112 cm³/mol. The molecule has 158 valence electrons. The van der Waals surface area contributed by atoms with Crippen molar-refractivity contribution in [2.75, 3.05) is 20.1 Å². The molecule has 9 heteroatoms. The van der Waals surface area contributed by atoms with Crippen molar-refractivity contribution >= 4 is 16.0 Å². The van der Waals surface area contributed by atoms with E-state index in [1.54, 1.807) is 36.4 Å². The molecule has 0 amide bonds. The van der Waals surface area contributed by atoms with Gasteiger partial charge in [-0.15, -0.1) is 0 Å². The second-order valence-electron chi connectivity index (χ2n) is 6.31. The molecule has 0 saturated carbocycles. The van der Waals surface area contributed by atoms with Crippen LogP contribution >= 0.6 is 0 Å². The highest BCUT2D eigenvalue weighted by atomic mass is 32.2. The standard InChI is InChI=1S/C20H27FN4O3S/c1-4-23-20(24-13-15(2)28-18-7-5-6-17(21)12-18)25-14-16-8-10-19(11-9-16)29(26,27)22-3/h5-12,15,22H,4,13-14H2,1-3H3,(H2,23,24,25). The van der Waals surface area contributed by atoms with Crippen molar-refractivity contribution < 1.29 is 17.5 Å². The van der Waals surface area contributed by atoms with Crippen LogP contribution in [-0.4, -0.2) is 40.6 Å². The number of benzene rings is 2. The van der Waals surface area contributed by atoms with E-state index in [1.807, 2.05) is 13.8 Å². The Morgan fingerprint density at radius 1 is 1.17 bits per heavy atom. The van der Waals surface area contributed by atoms with Crippen LogP contribution in [0.4, 0.5) is 4.39 Å². The first-order chi connectivity index (χ1) is 13.8. The van der Waals surface area contributed by atoms with E-state index in [1.165, 1.54) is 19.2 Å². The summed E-state index contributed by atoms with van der Waals surface area (Å²) in [7, 11) is -2.07. The number of aliphatic imine (C=N–C) groups is 1. The summed E-state index contributed by atoms with van der Waals surface area (Å²) >= 11 is 0. The molecule has 29 heavy (non-hydrogen) atoms. The summed E-state index contributed by atoms with van der Waals surface area (Å²) in [5, 5.41) is 6.33. The lowest BCUT2D eigenvalue weighted by atomic mass is 10.2. The highest BCUT2D eigenvalue weighted by Gasteiger charge is 2.10. The topological polar surface area (TPSA) is 91.8 Å². The molecule has 1 atom stereocenters. The van der Waals surface area contributed by atoms with Crippen molar-refractivity contribution in [3.8, 4) is 5.75 Å². The highest BCUT2D eigenvalue weighted by Crippen LogP contribution is 2.13. The summed E-state index contributed by atoms with van der Waals surface area (Å²) in [4.78, 5) is 4.71. The van der Waals surface area contributed by atoms with Gasteiger partial charge in [0.15, 0.2) is 5.96 Å². The maximum Gasteiger partial charge on any atom is 0.240 e. The average Bonchev–Trinajstić information content (AvgIpc) is 2.70. The molecule has 0 spiro atoms. The van der Waals surface area contributed by atoms with Gasteiger partial charge in [0.05, 0.1) is 18.0 Å². The quantitative estimate of drug-likeness (QED) is 0.426. The van der Waals surface area contributed by atoms with Gasteiger partial charge in [0.2, 0.25) is 10.0 Å². The zero-order chi connectivity index (χ0) is 21.3. The Bertz CT molecular complexity index is 918. The van der Waals surface area contributed by atoms with E-state index in [0.29, 0.717) is 31.3 Å². The first-order valence-corrected chi connectivity index (χ1v) is 10.8. The Kier molecular flexibility index (Phi) is 8.41. The van der Waals surface area contributed by atoms with E-state index in [-0.39, 0.29) is 16.8 Å². The first kappa shape index (κ1) is 22.6. The molecule has 0 saturated heterocycles. The number of nitrogens with one attached hydrogen (secondary N) is 3. The zero-order valence-corrected chi connectivity index (χ0v) is 17.6. The van der Waals surface area contributed by atoms with Gasteiger partial charge in [-0.3, -0.25) is 0 Å². The molecule has 0 aromatic heterocycles. The van der Waals surface area contributed by atoms with E-state index >= 15 is 0 Å². The maximum atomic E-state index is 13.2. The van der Waals surface area contributed by atoms with Gasteiger partial charge in [-0.05, 0) is 50.7 Å². The fraction of sp³-hybridized carbons (Fsp3) is 0.350. The Morgan fingerprint density at radius 2 is 1.90 bits per heavy atom. The number of nitrogens with zero attached hydrogens (tertiary/aromatic N) is 1. The van der Waals surface area contributed by atoms with Crippen LogP contribution in [0.2, 0.25) is 0 Å². The van der Waals surface area contributed by atoms with E-state index in [2.05, 4.69) is 20.3 Å². The van der Waals surface area contributed by atoms with Gasteiger partial charge < -0.3 is 15.4 Å². The van der Waals surface area contributed by atoms with E-state index in [9.17, 15) is 12.8 Å². The van der Waals surface area contributed by atoms with Gasteiger partial charge >= 0.3 is 0 Å². The summed E-state index contributed by atoms with van der Waals surface area (Å²) in [6, 6.07) is 12.6. The van der Waals surface area contributed by atoms with Crippen molar-refractivity contribution in [1.29, 1.82) is 0 Å². The van der Waals surface area contributed by atoms with Crippen molar-refractivity contribution in [3.63, 3.8) is 0 Å². The van der Waals surface area contributed by atoms with Crippen LogP contribution in [0.25, 0.3) is 0 Å². The molecular weight excluding hydrogens is 395 g/mol. The average molecular weight is 423 g/mol. The molecule has 0 fully saturated rings. The summed E-state index contributed by atoms with van der Waals surface area (Å²) in [5.74, 6) is 0.734. The van der Waals surface area contributed by atoms with Crippen molar-refractivity contribution in [2.45, 2.75) is 31.4 Å². The lowest BCUT2D eigenvalue weighted by molar-refractivity contribution is 0.223.